The minimum absolute atomic E-state index is 0.186. The number of carbonyl (C=O) groups excluding carboxylic acids is 1. The van der Waals surface area contributed by atoms with Crippen molar-refractivity contribution in [1.29, 1.82) is 0 Å². The van der Waals surface area contributed by atoms with Crippen LogP contribution in [-0.4, -0.2) is 87.5 Å². The largest absolute Gasteiger partial charge is 0.394 e. The second kappa shape index (κ2) is 51.9. The predicted molar refractivity (Wildman–Crippen MR) is 300 cm³/mol. The van der Waals surface area contributed by atoms with Crippen molar-refractivity contribution in [1.82, 2.24) is 5.32 Å². The highest BCUT2D eigenvalue weighted by Gasteiger charge is 2.44. The summed E-state index contributed by atoms with van der Waals surface area (Å²) in [7, 11) is 0. The molecule has 1 heterocycles. The quantitative estimate of drug-likeness (QED) is 0.0261. The van der Waals surface area contributed by atoms with E-state index in [0.29, 0.717) is 6.42 Å². The van der Waals surface area contributed by atoms with Crippen LogP contribution in [0.4, 0.5) is 0 Å². The highest BCUT2D eigenvalue weighted by Crippen LogP contribution is 2.23. The van der Waals surface area contributed by atoms with E-state index in [2.05, 4.69) is 43.5 Å². The monoisotopic (exact) mass is 1000 g/mol. The Bertz CT molecular complexity index is 1210. The van der Waals surface area contributed by atoms with Crippen LogP contribution in [0.15, 0.2) is 36.5 Å². The molecule has 418 valence electrons. The fourth-order valence-electron chi connectivity index (χ4n) is 9.84. The number of hydrogen-bond acceptors (Lipinski definition) is 8. The van der Waals surface area contributed by atoms with Crippen LogP contribution in [0.25, 0.3) is 0 Å². The van der Waals surface area contributed by atoms with Crippen molar-refractivity contribution in [3.8, 4) is 0 Å². The molecular formula is C62H117NO8. The van der Waals surface area contributed by atoms with Crippen LogP contribution in [0.2, 0.25) is 0 Å². The molecule has 9 heteroatoms. The molecule has 6 N–H and O–H groups in total. The van der Waals surface area contributed by atoms with Crippen molar-refractivity contribution < 1.29 is 39.8 Å². The maximum atomic E-state index is 13.1. The third-order valence-electron chi connectivity index (χ3n) is 14.7. The summed E-state index contributed by atoms with van der Waals surface area (Å²) in [4.78, 5) is 13.1. The van der Waals surface area contributed by atoms with E-state index in [4.69, 9.17) is 9.47 Å². The molecule has 0 aromatic carbocycles. The smallest absolute Gasteiger partial charge is 0.220 e. The zero-order chi connectivity index (χ0) is 51.5. The van der Waals surface area contributed by atoms with Crippen LogP contribution in [-0.2, 0) is 14.3 Å². The van der Waals surface area contributed by atoms with E-state index in [1.165, 1.54) is 231 Å². The summed E-state index contributed by atoms with van der Waals surface area (Å²) in [5, 5.41) is 54.5. The van der Waals surface area contributed by atoms with Gasteiger partial charge in [0.05, 0.1) is 25.4 Å². The Morgan fingerprint density at radius 2 is 0.803 bits per heavy atom. The maximum absolute atomic E-state index is 13.1. The van der Waals surface area contributed by atoms with Gasteiger partial charge in [-0.2, -0.15) is 0 Å². The topological polar surface area (TPSA) is 149 Å². The van der Waals surface area contributed by atoms with E-state index in [1.54, 1.807) is 6.08 Å². The number of rotatable bonds is 53. The average Bonchev–Trinajstić information content (AvgIpc) is 3.37. The molecule has 0 aromatic rings. The minimum Gasteiger partial charge on any atom is -0.394 e. The van der Waals surface area contributed by atoms with Crippen molar-refractivity contribution in [2.75, 3.05) is 13.2 Å². The number of allylic oxidation sites excluding steroid dienone is 5. The molecule has 1 saturated heterocycles. The lowest BCUT2D eigenvalue weighted by atomic mass is 9.99. The van der Waals surface area contributed by atoms with Crippen molar-refractivity contribution in [3.05, 3.63) is 36.5 Å². The van der Waals surface area contributed by atoms with Gasteiger partial charge < -0.3 is 40.3 Å². The zero-order valence-corrected chi connectivity index (χ0v) is 46.5. The van der Waals surface area contributed by atoms with Gasteiger partial charge in [0.25, 0.3) is 0 Å². The van der Waals surface area contributed by atoms with E-state index in [1.807, 2.05) is 6.08 Å². The van der Waals surface area contributed by atoms with Gasteiger partial charge in [0.1, 0.15) is 24.4 Å². The summed E-state index contributed by atoms with van der Waals surface area (Å²) < 4.78 is 11.3. The number of amides is 1. The number of carbonyl (C=O) groups is 1. The van der Waals surface area contributed by atoms with Crippen LogP contribution >= 0.6 is 0 Å². The van der Waals surface area contributed by atoms with Crippen LogP contribution in [0.5, 0.6) is 0 Å². The van der Waals surface area contributed by atoms with E-state index in [9.17, 15) is 30.3 Å². The Balaban J connectivity index is 2.23. The van der Waals surface area contributed by atoms with Crippen LogP contribution in [0.1, 0.15) is 296 Å². The van der Waals surface area contributed by atoms with Gasteiger partial charge in [-0.05, 0) is 44.9 Å². The number of ether oxygens (including phenoxy) is 2. The second-order valence-electron chi connectivity index (χ2n) is 21.5. The number of nitrogens with one attached hydrogen (secondary N) is 1. The van der Waals surface area contributed by atoms with E-state index in [-0.39, 0.29) is 12.5 Å². The standard InChI is InChI=1S/C62H117NO8/c1-3-5-7-9-11-13-15-17-19-21-23-25-26-27-28-29-30-31-32-33-35-37-39-41-43-45-47-49-51-56(65)55(54-70-62-61(69)60(68)59(67)57(53-64)71-62)63-58(66)52-50-48-46-44-42-40-38-36-34-24-22-20-18-16-14-12-10-8-6-4-2/h33,35,41,43,49,51,55-57,59-62,64-65,67-69H,3-32,34,36-40,42,44-48,50,52-54H2,1-2H3,(H,63,66)/b35-33+,43-41+,51-49+. The number of hydrogen-bond donors (Lipinski definition) is 6. The first-order valence-corrected chi connectivity index (χ1v) is 30.7. The molecular weight excluding hydrogens is 887 g/mol. The zero-order valence-electron chi connectivity index (χ0n) is 46.5. The van der Waals surface area contributed by atoms with E-state index >= 15 is 0 Å². The molecule has 1 rings (SSSR count). The summed E-state index contributed by atoms with van der Waals surface area (Å²) >= 11 is 0. The van der Waals surface area contributed by atoms with Gasteiger partial charge in [0, 0.05) is 6.42 Å². The van der Waals surface area contributed by atoms with Gasteiger partial charge in [-0.25, -0.2) is 0 Å². The van der Waals surface area contributed by atoms with Crippen LogP contribution in [0, 0.1) is 0 Å². The van der Waals surface area contributed by atoms with Gasteiger partial charge in [-0.15, -0.1) is 0 Å². The lowest BCUT2D eigenvalue weighted by molar-refractivity contribution is -0.302. The summed E-state index contributed by atoms with van der Waals surface area (Å²) in [6, 6.07) is -0.826. The molecule has 0 radical (unpaired) electrons. The number of unbranched alkanes of at least 4 members (excludes halogenated alkanes) is 39. The van der Waals surface area contributed by atoms with Crippen molar-refractivity contribution >= 4 is 5.91 Å². The lowest BCUT2D eigenvalue weighted by Crippen LogP contribution is -2.60. The molecule has 1 aliphatic heterocycles. The molecule has 0 spiro atoms. The van der Waals surface area contributed by atoms with Crippen molar-refractivity contribution in [2.45, 2.75) is 339 Å². The molecule has 0 aromatic heterocycles. The molecule has 0 bridgehead atoms. The first-order chi connectivity index (χ1) is 34.8. The fraction of sp³-hybridized carbons (Fsp3) is 0.887. The molecule has 0 saturated carbocycles. The molecule has 7 atom stereocenters. The van der Waals surface area contributed by atoms with Gasteiger partial charge in [-0.3, -0.25) is 4.79 Å². The van der Waals surface area contributed by atoms with E-state index in [0.717, 1.165) is 44.9 Å². The van der Waals surface area contributed by atoms with Gasteiger partial charge in [0.2, 0.25) is 5.91 Å². The second-order valence-corrected chi connectivity index (χ2v) is 21.5. The Morgan fingerprint density at radius 1 is 0.465 bits per heavy atom. The normalized spacial score (nSPS) is 19.5. The Kier molecular flexibility index (Phi) is 49.3. The molecule has 9 nitrogen and oxygen atoms in total. The molecule has 0 aliphatic carbocycles. The number of aliphatic hydroxyl groups excluding tert-OH is 5. The maximum Gasteiger partial charge on any atom is 0.220 e. The van der Waals surface area contributed by atoms with E-state index < -0.39 is 49.5 Å². The molecule has 1 fully saturated rings. The van der Waals surface area contributed by atoms with Crippen LogP contribution in [0.3, 0.4) is 0 Å². The first-order valence-electron chi connectivity index (χ1n) is 30.7. The first kappa shape index (κ1) is 67.4. The third kappa shape index (κ3) is 41.4. The Morgan fingerprint density at radius 3 is 1.18 bits per heavy atom. The average molecular weight is 1000 g/mol. The minimum atomic E-state index is -1.57. The summed E-state index contributed by atoms with van der Waals surface area (Å²) in [5.74, 6) is -0.186. The predicted octanol–water partition coefficient (Wildman–Crippen LogP) is 15.5. The number of aliphatic hydroxyl groups is 5. The lowest BCUT2D eigenvalue weighted by Gasteiger charge is -2.40. The summed E-state index contributed by atoms with van der Waals surface area (Å²) in [6.07, 6.45) is 60.8. The van der Waals surface area contributed by atoms with Crippen LogP contribution < -0.4 is 5.32 Å². The molecule has 7 unspecified atom stereocenters. The Hall–Kier alpha value is -1.59. The molecule has 71 heavy (non-hydrogen) atoms. The molecule has 1 aliphatic rings. The van der Waals surface area contributed by atoms with Crippen molar-refractivity contribution in [2.24, 2.45) is 0 Å². The fourth-order valence-corrected chi connectivity index (χ4v) is 9.84. The summed E-state index contributed by atoms with van der Waals surface area (Å²) in [6.45, 7) is 3.80. The molecule has 1 amide bonds. The highest BCUT2D eigenvalue weighted by atomic mass is 16.7. The van der Waals surface area contributed by atoms with Gasteiger partial charge in [0.15, 0.2) is 6.29 Å². The Labute approximate surface area is 438 Å². The third-order valence-corrected chi connectivity index (χ3v) is 14.7. The van der Waals surface area contributed by atoms with Gasteiger partial charge in [-0.1, -0.05) is 281 Å². The summed E-state index contributed by atoms with van der Waals surface area (Å²) in [5.41, 5.74) is 0. The highest BCUT2D eigenvalue weighted by molar-refractivity contribution is 5.76. The van der Waals surface area contributed by atoms with Gasteiger partial charge >= 0.3 is 0 Å². The van der Waals surface area contributed by atoms with Crippen molar-refractivity contribution in [3.63, 3.8) is 0 Å². The SMILES string of the molecule is CCCCCCCCCCCCCCCCCCCC/C=C/CC/C=C/CC/C=C/C(O)C(COC1OC(CO)C(O)C(O)C1O)NC(=O)CCCCCCCCCCCCCCCCCCCCCC.